The maximum Gasteiger partial charge on any atom is 0.272 e. The standard InChI is InChI=1S/C22H21N3O.C13H10ClN3O.C9H9N3/c1-2-16-8-10-17(11-9-16)12-13-19-14-22(26)25-21(23-19)15-20(24-25)18-6-4-3-5-7-18;14-8-10-6-13(18)17-12(15-10)7-11(16-17)9-4-2-1-3-5-9;10-9-6-8(11-12-9)7-4-2-1-3-5-7/h3-11,14-15,24H,2,12-13H2,1H3;1-7,16H,8H2;1-6H,(H3,10,11,12). The molecule has 0 aliphatic rings. The van der Waals surface area contributed by atoms with Gasteiger partial charge in [-0.15, -0.1) is 11.6 Å². The van der Waals surface area contributed by atoms with Gasteiger partial charge in [0, 0.05) is 36.0 Å². The summed E-state index contributed by atoms with van der Waals surface area (Å²) in [7, 11) is 0. The normalized spacial score (nSPS) is 10.8. The first kappa shape index (κ1) is 37.3. The number of hydrogen-bond donors (Lipinski definition) is 4. The van der Waals surface area contributed by atoms with Crippen molar-refractivity contribution in [3.8, 4) is 33.8 Å². The van der Waals surface area contributed by atoms with Crippen molar-refractivity contribution in [1.29, 1.82) is 0 Å². The lowest BCUT2D eigenvalue weighted by molar-refractivity contribution is 0.853. The number of aryl methyl sites for hydroxylation is 3. The second-order valence-corrected chi connectivity index (χ2v) is 13.3. The molecule has 9 aromatic rings. The van der Waals surface area contributed by atoms with Crippen LogP contribution in [0.25, 0.3) is 45.1 Å². The smallest absolute Gasteiger partial charge is 0.272 e. The van der Waals surface area contributed by atoms with Crippen molar-refractivity contribution >= 4 is 28.7 Å². The number of aromatic amines is 3. The third-order valence-electron chi connectivity index (χ3n) is 9.10. The Morgan fingerprint density at radius 3 is 1.50 bits per heavy atom. The van der Waals surface area contributed by atoms with Crippen molar-refractivity contribution in [1.82, 2.24) is 39.4 Å². The van der Waals surface area contributed by atoms with Crippen LogP contribution in [0, 0.1) is 0 Å². The number of nitrogens with one attached hydrogen (secondary N) is 3. The molecule has 0 aliphatic carbocycles. The lowest BCUT2D eigenvalue weighted by Crippen LogP contribution is -2.15. The number of benzene rings is 4. The van der Waals surface area contributed by atoms with Crippen LogP contribution < -0.4 is 16.9 Å². The van der Waals surface area contributed by atoms with Crippen LogP contribution in [-0.2, 0) is 25.1 Å². The molecule has 5 aromatic heterocycles. The molecule has 5 heterocycles. The zero-order valence-electron chi connectivity index (χ0n) is 30.7. The van der Waals surface area contributed by atoms with E-state index in [1.165, 1.54) is 26.2 Å². The summed E-state index contributed by atoms with van der Waals surface area (Å²) in [6.45, 7) is 2.15. The van der Waals surface area contributed by atoms with Gasteiger partial charge in [0.2, 0.25) is 0 Å². The number of H-pyrrole nitrogens is 3. The van der Waals surface area contributed by atoms with Crippen LogP contribution >= 0.6 is 11.6 Å². The summed E-state index contributed by atoms with van der Waals surface area (Å²) in [6, 6.07) is 47.0. The van der Waals surface area contributed by atoms with Crippen LogP contribution in [-0.4, -0.2) is 39.4 Å². The van der Waals surface area contributed by atoms with Crippen molar-refractivity contribution in [3.05, 3.63) is 189 Å². The number of fused-ring (bicyclic) bond motifs is 2. The summed E-state index contributed by atoms with van der Waals surface area (Å²) < 4.78 is 2.92. The van der Waals surface area contributed by atoms with Crippen molar-refractivity contribution in [2.45, 2.75) is 32.1 Å². The van der Waals surface area contributed by atoms with Gasteiger partial charge in [0.1, 0.15) is 5.82 Å². The number of anilines is 1. The molecule has 0 radical (unpaired) electrons. The highest BCUT2D eigenvalue weighted by Gasteiger charge is 2.09. The molecule has 0 atom stereocenters. The fourth-order valence-corrected chi connectivity index (χ4v) is 6.26. The molecule has 0 saturated heterocycles. The molecule has 0 spiro atoms. The van der Waals surface area contributed by atoms with E-state index in [1.807, 2.05) is 109 Å². The van der Waals surface area contributed by atoms with Gasteiger partial charge in [0.05, 0.1) is 28.7 Å². The van der Waals surface area contributed by atoms with Crippen LogP contribution in [0.15, 0.2) is 155 Å². The Morgan fingerprint density at radius 1 is 0.571 bits per heavy atom. The number of halogens is 1. The van der Waals surface area contributed by atoms with E-state index in [4.69, 9.17) is 17.3 Å². The summed E-state index contributed by atoms with van der Waals surface area (Å²) in [5.41, 5.74) is 16.3. The molecule has 0 saturated carbocycles. The minimum Gasteiger partial charge on any atom is -0.382 e. The number of nitrogen functional groups attached to an aromatic ring is 1. The topological polar surface area (TPSA) is 155 Å². The zero-order valence-corrected chi connectivity index (χ0v) is 31.4. The summed E-state index contributed by atoms with van der Waals surface area (Å²) in [5.74, 6) is 0.756. The number of hydrogen-bond acceptors (Lipinski definition) is 6. The molecular formula is C44H40ClN9O2. The second kappa shape index (κ2) is 17.4. The molecule has 0 aliphatic heterocycles. The van der Waals surface area contributed by atoms with Gasteiger partial charge in [-0.2, -0.15) is 5.10 Å². The van der Waals surface area contributed by atoms with Crippen LogP contribution in [0.3, 0.4) is 0 Å². The Labute approximate surface area is 327 Å². The third kappa shape index (κ3) is 9.03. The molecule has 5 N–H and O–H groups in total. The number of aromatic nitrogens is 8. The summed E-state index contributed by atoms with van der Waals surface area (Å²) in [5, 5.41) is 12.9. The number of nitrogens with zero attached hydrogens (tertiary/aromatic N) is 5. The predicted molar refractivity (Wildman–Crippen MR) is 224 cm³/mol. The van der Waals surface area contributed by atoms with Crippen molar-refractivity contribution in [3.63, 3.8) is 0 Å². The number of rotatable bonds is 8. The maximum absolute atomic E-state index is 12.4. The van der Waals surface area contributed by atoms with Crippen LogP contribution in [0.4, 0.5) is 5.82 Å². The van der Waals surface area contributed by atoms with Crippen molar-refractivity contribution in [2.75, 3.05) is 5.73 Å². The van der Waals surface area contributed by atoms with Crippen LogP contribution in [0.5, 0.6) is 0 Å². The van der Waals surface area contributed by atoms with E-state index in [-0.39, 0.29) is 17.0 Å². The molecule has 0 bridgehead atoms. The van der Waals surface area contributed by atoms with E-state index in [0.717, 1.165) is 58.7 Å². The average molecular weight is 762 g/mol. The lowest BCUT2D eigenvalue weighted by Gasteiger charge is -2.03. The van der Waals surface area contributed by atoms with E-state index in [2.05, 4.69) is 61.6 Å². The Balaban J connectivity index is 0.000000139. The van der Waals surface area contributed by atoms with Gasteiger partial charge in [-0.05, 0) is 47.1 Å². The van der Waals surface area contributed by atoms with E-state index < -0.39 is 0 Å². The monoisotopic (exact) mass is 761 g/mol. The molecule has 0 unspecified atom stereocenters. The second-order valence-electron chi connectivity index (χ2n) is 13.0. The van der Waals surface area contributed by atoms with Gasteiger partial charge >= 0.3 is 0 Å². The predicted octanol–water partition coefficient (Wildman–Crippen LogP) is 8.12. The zero-order chi connectivity index (χ0) is 38.9. The average Bonchev–Trinajstić information content (AvgIpc) is 4.01. The highest BCUT2D eigenvalue weighted by Crippen LogP contribution is 2.20. The first-order valence-electron chi connectivity index (χ1n) is 18.2. The van der Waals surface area contributed by atoms with Crippen molar-refractivity contribution in [2.24, 2.45) is 0 Å². The highest BCUT2D eigenvalue weighted by atomic mass is 35.5. The first-order valence-corrected chi connectivity index (χ1v) is 18.7. The number of nitrogens with two attached hydrogens (primary N) is 1. The first-order chi connectivity index (χ1) is 27.4. The van der Waals surface area contributed by atoms with E-state index in [9.17, 15) is 9.59 Å². The fourth-order valence-electron chi connectivity index (χ4n) is 6.13. The molecule has 280 valence electrons. The van der Waals surface area contributed by atoms with Gasteiger partial charge in [-0.25, -0.2) is 19.0 Å². The molecule has 12 heteroatoms. The van der Waals surface area contributed by atoms with Gasteiger partial charge in [0.25, 0.3) is 11.1 Å². The largest absolute Gasteiger partial charge is 0.382 e. The van der Waals surface area contributed by atoms with Crippen molar-refractivity contribution < 1.29 is 0 Å². The molecule has 0 fully saturated rings. The quantitative estimate of drug-likeness (QED) is 0.115. The maximum atomic E-state index is 12.4. The molecule has 11 nitrogen and oxygen atoms in total. The Morgan fingerprint density at radius 2 is 1.04 bits per heavy atom. The van der Waals surface area contributed by atoms with Gasteiger partial charge in [0.15, 0.2) is 11.3 Å². The lowest BCUT2D eigenvalue weighted by atomic mass is 10.1. The minimum absolute atomic E-state index is 0.0755. The Kier molecular flexibility index (Phi) is 11.6. The summed E-state index contributed by atoms with van der Waals surface area (Å²) in [6.07, 6.45) is 2.68. The molecule has 0 amide bonds. The summed E-state index contributed by atoms with van der Waals surface area (Å²) in [4.78, 5) is 33.2. The van der Waals surface area contributed by atoms with Gasteiger partial charge in [-0.1, -0.05) is 122 Å². The van der Waals surface area contributed by atoms with E-state index in [0.29, 0.717) is 22.8 Å². The third-order valence-corrected chi connectivity index (χ3v) is 9.37. The molecule has 9 rings (SSSR count). The Hall–Kier alpha value is -6.98. The van der Waals surface area contributed by atoms with Crippen LogP contribution in [0.2, 0.25) is 0 Å². The Bertz CT molecular complexity index is 2770. The van der Waals surface area contributed by atoms with E-state index >= 15 is 0 Å². The minimum atomic E-state index is -0.155. The SMILES string of the molecule is CCc1ccc(CCc2cc(=O)n3[nH]c(-c4ccccc4)cc3n2)cc1.Nc1cc(-c2ccccc2)[nH]n1.O=c1cc(CCl)nc2cc(-c3ccccc3)[nH]n12. The van der Waals surface area contributed by atoms with Gasteiger partial charge in [-0.3, -0.25) is 24.9 Å². The van der Waals surface area contributed by atoms with Crippen LogP contribution in [0.1, 0.15) is 29.4 Å². The molecular weight excluding hydrogens is 722 g/mol. The van der Waals surface area contributed by atoms with Gasteiger partial charge < -0.3 is 5.73 Å². The highest BCUT2D eigenvalue weighted by molar-refractivity contribution is 6.16. The molecule has 4 aromatic carbocycles. The molecule has 56 heavy (non-hydrogen) atoms. The number of alkyl halides is 1. The summed E-state index contributed by atoms with van der Waals surface area (Å²) >= 11 is 5.70. The fraction of sp³-hybridized carbons (Fsp3) is 0.114. The van der Waals surface area contributed by atoms with E-state index in [1.54, 1.807) is 6.07 Å².